The zero-order valence-electron chi connectivity index (χ0n) is 13.5. The van der Waals surface area contributed by atoms with Gasteiger partial charge in [-0.25, -0.2) is 0 Å². The van der Waals surface area contributed by atoms with Gasteiger partial charge in [0.15, 0.2) is 0 Å². The largest absolute Gasteiger partial charge is 0.344 e. The van der Waals surface area contributed by atoms with Crippen LogP contribution in [0, 0.1) is 5.92 Å². The quantitative estimate of drug-likeness (QED) is 0.458. The number of benzene rings is 1. The van der Waals surface area contributed by atoms with Crippen molar-refractivity contribution in [1.82, 2.24) is 5.32 Å². The SMILES string of the molecule is CCC(C)CP(=O)(O)CCCN[C@@H](C)c1ccc(Cl)c(Cl)c1. The normalized spacial score (nSPS) is 17.0. The minimum absolute atomic E-state index is 0.127. The van der Waals surface area contributed by atoms with Crippen molar-refractivity contribution in [1.29, 1.82) is 0 Å². The Hall–Kier alpha value is -0.0500. The van der Waals surface area contributed by atoms with E-state index in [1.807, 2.05) is 32.9 Å². The Morgan fingerprint density at radius 1 is 1.27 bits per heavy atom. The first kappa shape index (κ1) is 20.0. The summed E-state index contributed by atoms with van der Waals surface area (Å²) in [5, 5.41) is 4.44. The van der Waals surface area contributed by atoms with Crippen LogP contribution in [0.5, 0.6) is 0 Å². The molecule has 0 radical (unpaired) electrons. The van der Waals surface area contributed by atoms with Gasteiger partial charge in [0.05, 0.1) is 10.0 Å². The van der Waals surface area contributed by atoms with Crippen LogP contribution in [-0.2, 0) is 4.57 Å². The van der Waals surface area contributed by atoms with E-state index in [1.54, 1.807) is 6.07 Å². The summed E-state index contributed by atoms with van der Waals surface area (Å²) in [7, 11) is -2.99. The highest BCUT2D eigenvalue weighted by Crippen LogP contribution is 2.43. The van der Waals surface area contributed by atoms with Crippen molar-refractivity contribution in [3.63, 3.8) is 0 Å². The molecule has 126 valence electrons. The highest BCUT2D eigenvalue weighted by molar-refractivity contribution is 7.57. The lowest BCUT2D eigenvalue weighted by atomic mass is 10.1. The lowest BCUT2D eigenvalue weighted by Crippen LogP contribution is -2.21. The van der Waals surface area contributed by atoms with Gasteiger partial charge < -0.3 is 10.2 Å². The Bertz CT molecular complexity index is 525. The van der Waals surface area contributed by atoms with Crippen molar-refractivity contribution in [2.24, 2.45) is 5.92 Å². The van der Waals surface area contributed by atoms with Gasteiger partial charge in [0.2, 0.25) is 7.37 Å². The fourth-order valence-corrected chi connectivity index (χ4v) is 4.63. The minimum Gasteiger partial charge on any atom is -0.344 e. The summed E-state index contributed by atoms with van der Waals surface area (Å²) in [5.41, 5.74) is 1.06. The molecule has 0 aromatic heterocycles. The Kier molecular flexibility index (Phi) is 8.45. The van der Waals surface area contributed by atoms with Crippen LogP contribution in [0.1, 0.15) is 45.2 Å². The molecule has 3 nitrogen and oxygen atoms in total. The summed E-state index contributed by atoms with van der Waals surface area (Å²) >= 11 is 11.9. The van der Waals surface area contributed by atoms with E-state index in [0.717, 1.165) is 12.0 Å². The molecule has 0 saturated heterocycles. The molecule has 6 heteroatoms. The van der Waals surface area contributed by atoms with E-state index >= 15 is 0 Å². The molecule has 0 aliphatic rings. The van der Waals surface area contributed by atoms with E-state index < -0.39 is 7.37 Å². The molecule has 0 amide bonds. The van der Waals surface area contributed by atoms with Crippen molar-refractivity contribution in [3.05, 3.63) is 33.8 Å². The summed E-state index contributed by atoms with van der Waals surface area (Å²) in [4.78, 5) is 9.96. The lowest BCUT2D eigenvalue weighted by Gasteiger charge is -2.17. The predicted molar refractivity (Wildman–Crippen MR) is 96.5 cm³/mol. The van der Waals surface area contributed by atoms with Gasteiger partial charge in [0.25, 0.3) is 0 Å². The zero-order valence-corrected chi connectivity index (χ0v) is 15.9. The highest BCUT2D eigenvalue weighted by Gasteiger charge is 2.20. The molecule has 2 N–H and O–H groups in total. The fraction of sp³-hybridized carbons (Fsp3) is 0.625. The lowest BCUT2D eigenvalue weighted by molar-refractivity contribution is 0.458. The fourth-order valence-electron chi connectivity index (χ4n) is 2.25. The highest BCUT2D eigenvalue weighted by atomic mass is 35.5. The number of nitrogens with one attached hydrogen (secondary N) is 1. The van der Waals surface area contributed by atoms with Crippen molar-refractivity contribution in [3.8, 4) is 0 Å². The monoisotopic (exact) mass is 365 g/mol. The van der Waals surface area contributed by atoms with Crippen LogP contribution in [0.25, 0.3) is 0 Å². The van der Waals surface area contributed by atoms with Crippen molar-refractivity contribution < 1.29 is 9.46 Å². The molecular formula is C16H26Cl2NO2P. The van der Waals surface area contributed by atoms with Crippen LogP contribution >= 0.6 is 30.6 Å². The molecule has 0 heterocycles. The number of hydrogen-bond acceptors (Lipinski definition) is 2. The first-order chi connectivity index (χ1) is 10.2. The Morgan fingerprint density at radius 2 is 1.95 bits per heavy atom. The van der Waals surface area contributed by atoms with Crippen molar-refractivity contribution >= 4 is 30.6 Å². The van der Waals surface area contributed by atoms with Gasteiger partial charge >= 0.3 is 0 Å². The van der Waals surface area contributed by atoms with E-state index in [1.165, 1.54) is 0 Å². The molecular weight excluding hydrogens is 340 g/mol. The second-order valence-electron chi connectivity index (χ2n) is 5.97. The maximum atomic E-state index is 12.1. The van der Waals surface area contributed by atoms with Gasteiger partial charge in [-0.05, 0) is 43.5 Å². The molecule has 0 aliphatic carbocycles. The molecule has 1 aromatic carbocycles. The molecule has 0 spiro atoms. The Balaban J connectivity index is 2.37. The second-order valence-corrected chi connectivity index (χ2v) is 9.29. The molecule has 1 rings (SSSR count). The average molecular weight is 366 g/mol. The first-order valence-electron chi connectivity index (χ1n) is 7.74. The third-order valence-corrected chi connectivity index (χ3v) is 6.82. The number of rotatable bonds is 9. The molecule has 22 heavy (non-hydrogen) atoms. The minimum atomic E-state index is -2.99. The predicted octanol–water partition coefficient (Wildman–Crippen LogP) is 5.35. The topological polar surface area (TPSA) is 49.3 Å². The van der Waals surface area contributed by atoms with E-state index in [4.69, 9.17) is 23.2 Å². The van der Waals surface area contributed by atoms with Gasteiger partial charge in [-0.1, -0.05) is 49.5 Å². The standard InChI is InChI=1S/C16H26Cl2NO2P/c1-4-12(2)11-22(20,21)9-5-8-19-13(3)14-6-7-15(17)16(18)10-14/h6-7,10,12-13,19H,4-5,8-9,11H2,1-3H3,(H,20,21)/t12?,13-/m0/s1. The zero-order chi connectivity index (χ0) is 16.8. The van der Waals surface area contributed by atoms with Crippen LogP contribution in [0.4, 0.5) is 0 Å². The van der Waals surface area contributed by atoms with Crippen molar-refractivity contribution in [2.75, 3.05) is 18.9 Å². The van der Waals surface area contributed by atoms with Crippen LogP contribution in [0.3, 0.4) is 0 Å². The number of halogens is 2. The average Bonchev–Trinajstić information content (AvgIpc) is 2.45. The van der Waals surface area contributed by atoms with Crippen LogP contribution in [0.2, 0.25) is 10.0 Å². The Labute approximate surface area is 143 Å². The maximum absolute atomic E-state index is 12.1. The second kappa shape index (κ2) is 9.30. The summed E-state index contributed by atoms with van der Waals surface area (Å²) in [6.07, 6.45) is 2.43. The molecule has 2 unspecified atom stereocenters. The molecule has 0 aliphatic heterocycles. The molecule has 0 fully saturated rings. The van der Waals surface area contributed by atoms with Gasteiger partial charge in [-0.3, -0.25) is 4.57 Å². The van der Waals surface area contributed by atoms with Crippen LogP contribution in [-0.4, -0.2) is 23.8 Å². The molecule has 0 saturated carbocycles. The summed E-state index contributed by atoms with van der Waals surface area (Å²) < 4.78 is 12.1. The summed E-state index contributed by atoms with van der Waals surface area (Å²) in [5.74, 6) is 0.305. The van der Waals surface area contributed by atoms with Gasteiger partial charge in [-0.2, -0.15) is 0 Å². The van der Waals surface area contributed by atoms with Gasteiger partial charge in [0.1, 0.15) is 0 Å². The summed E-state index contributed by atoms with van der Waals surface area (Å²) in [6, 6.07) is 5.70. The third kappa shape index (κ3) is 7.02. The van der Waals surface area contributed by atoms with E-state index in [2.05, 4.69) is 5.32 Å². The smallest absolute Gasteiger partial charge is 0.200 e. The summed E-state index contributed by atoms with van der Waals surface area (Å²) in [6.45, 7) is 6.81. The van der Waals surface area contributed by atoms with Gasteiger partial charge in [0, 0.05) is 18.4 Å². The van der Waals surface area contributed by atoms with Gasteiger partial charge in [-0.15, -0.1) is 0 Å². The number of hydrogen-bond donors (Lipinski definition) is 2. The Morgan fingerprint density at radius 3 is 2.55 bits per heavy atom. The maximum Gasteiger partial charge on any atom is 0.200 e. The third-order valence-electron chi connectivity index (χ3n) is 3.87. The van der Waals surface area contributed by atoms with E-state index in [-0.39, 0.29) is 6.04 Å². The van der Waals surface area contributed by atoms with Crippen molar-refractivity contribution in [2.45, 2.75) is 39.7 Å². The van der Waals surface area contributed by atoms with Crippen LogP contribution < -0.4 is 5.32 Å². The molecule has 3 atom stereocenters. The molecule has 0 bridgehead atoms. The van der Waals surface area contributed by atoms with E-state index in [9.17, 15) is 9.46 Å². The van der Waals surface area contributed by atoms with E-state index in [0.29, 0.717) is 41.3 Å². The van der Waals surface area contributed by atoms with Crippen LogP contribution in [0.15, 0.2) is 18.2 Å². The first-order valence-corrected chi connectivity index (χ1v) is 10.5. The molecule has 1 aromatic rings.